The van der Waals surface area contributed by atoms with Crippen molar-refractivity contribution in [1.29, 1.82) is 0 Å². The van der Waals surface area contributed by atoms with Crippen molar-refractivity contribution in [2.75, 3.05) is 22.2 Å². The van der Waals surface area contributed by atoms with E-state index in [-0.39, 0.29) is 17.6 Å². The number of nitrogens with one attached hydrogen (secondary N) is 4. The number of fused-ring (bicyclic) bond motifs is 1. The minimum absolute atomic E-state index is 0.0975. The lowest BCUT2D eigenvalue weighted by Crippen LogP contribution is -2.50. The van der Waals surface area contributed by atoms with Gasteiger partial charge in [0.1, 0.15) is 6.17 Å². The molecule has 158 valence electrons. The Kier molecular flexibility index (Phi) is 5.47. The number of amides is 2. The average Bonchev–Trinajstić information content (AvgIpc) is 3.31. The lowest BCUT2D eigenvalue weighted by Gasteiger charge is -2.30. The monoisotopic (exact) mass is 445 g/mol. The summed E-state index contributed by atoms with van der Waals surface area (Å²) in [6, 6.07) is 11.0. The number of carbonyl (C=O) groups is 1. The van der Waals surface area contributed by atoms with Crippen molar-refractivity contribution in [1.82, 2.24) is 10.7 Å². The number of rotatable bonds is 3. The third-order valence-corrected chi connectivity index (χ3v) is 6.03. The molecule has 1 atom stereocenters. The number of nitrogens with zero attached hydrogens (tertiary/aromatic N) is 1. The summed E-state index contributed by atoms with van der Waals surface area (Å²) in [6.07, 6.45) is 2.65. The third-order valence-electron chi connectivity index (χ3n) is 5.21. The molecule has 0 aromatic heterocycles. The van der Waals surface area contributed by atoms with Gasteiger partial charge in [-0.15, -0.1) is 0 Å². The van der Waals surface area contributed by atoms with Crippen molar-refractivity contribution in [2.45, 2.75) is 33.4 Å². The molecule has 4 rings (SSSR count). The molecule has 2 aromatic carbocycles. The zero-order valence-electron chi connectivity index (χ0n) is 17.1. The van der Waals surface area contributed by atoms with Crippen LogP contribution in [-0.4, -0.2) is 18.7 Å². The van der Waals surface area contributed by atoms with Gasteiger partial charge in [0.05, 0.1) is 21.4 Å². The van der Waals surface area contributed by atoms with Crippen LogP contribution in [0.2, 0.25) is 10.0 Å². The largest absolute Gasteiger partial charge is 0.384 e. The van der Waals surface area contributed by atoms with Crippen molar-refractivity contribution >= 4 is 46.3 Å². The van der Waals surface area contributed by atoms with Crippen LogP contribution in [0.3, 0.4) is 0 Å². The van der Waals surface area contributed by atoms with Crippen molar-refractivity contribution in [3.63, 3.8) is 0 Å². The standard InChI is InChI=1S/C22H25Cl2N5O/c1-22(2,3)18-12-19(27-21(30)26-17-6-4-5-15(23)20(17)24)29(28-18)14-7-8-16-13(11-14)9-10-25-16/h4-8,11-12,19,25,28H,9-10H2,1-3H3,(H2,26,27,30). The second-order valence-corrected chi connectivity index (χ2v) is 9.26. The fraction of sp³-hybridized carbons (Fsp3) is 0.318. The Labute approximate surface area is 186 Å². The number of hydrazine groups is 1. The average molecular weight is 446 g/mol. The number of halogens is 2. The van der Waals surface area contributed by atoms with Crippen LogP contribution in [0.15, 0.2) is 48.2 Å². The molecule has 2 aliphatic heterocycles. The molecule has 2 aliphatic rings. The minimum atomic E-state index is -0.371. The summed E-state index contributed by atoms with van der Waals surface area (Å²) in [6.45, 7) is 7.34. The summed E-state index contributed by atoms with van der Waals surface area (Å²) in [5.41, 5.74) is 8.28. The fourth-order valence-corrected chi connectivity index (χ4v) is 3.90. The number of hydrogen-bond donors (Lipinski definition) is 4. The Morgan fingerprint density at radius 2 is 2.00 bits per heavy atom. The SMILES string of the molecule is CC(C)(C)C1=CC(NC(=O)Nc2cccc(Cl)c2Cl)N(c2ccc3c(c2)CCN3)N1. The van der Waals surface area contributed by atoms with E-state index < -0.39 is 0 Å². The number of hydrogen-bond acceptors (Lipinski definition) is 4. The molecule has 0 radical (unpaired) electrons. The number of allylic oxidation sites excluding steroid dienone is 1. The van der Waals surface area contributed by atoms with E-state index in [0.717, 1.165) is 24.4 Å². The zero-order valence-corrected chi connectivity index (χ0v) is 18.7. The highest BCUT2D eigenvalue weighted by molar-refractivity contribution is 6.43. The fourth-order valence-electron chi connectivity index (χ4n) is 3.55. The summed E-state index contributed by atoms with van der Waals surface area (Å²) in [5, 5.41) is 11.8. The van der Waals surface area contributed by atoms with Gasteiger partial charge in [0.25, 0.3) is 0 Å². The molecule has 2 heterocycles. The highest BCUT2D eigenvalue weighted by Crippen LogP contribution is 2.33. The van der Waals surface area contributed by atoms with Gasteiger partial charge in [0, 0.05) is 23.3 Å². The van der Waals surface area contributed by atoms with E-state index in [4.69, 9.17) is 23.2 Å². The van der Waals surface area contributed by atoms with Gasteiger partial charge in [0.2, 0.25) is 0 Å². The second kappa shape index (κ2) is 7.93. The van der Waals surface area contributed by atoms with Crippen molar-refractivity contribution in [3.05, 3.63) is 63.8 Å². The second-order valence-electron chi connectivity index (χ2n) is 8.48. The number of anilines is 3. The molecule has 8 heteroatoms. The van der Waals surface area contributed by atoms with Crippen LogP contribution in [0, 0.1) is 5.41 Å². The maximum atomic E-state index is 12.7. The number of benzene rings is 2. The van der Waals surface area contributed by atoms with Gasteiger partial charge in [-0.05, 0) is 48.4 Å². The molecular weight excluding hydrogens is 421 g/mol. The Hall–Kier alpha value is -2.57. The van der Waals surface area contributed by atoms with Crippen molar-refractivity contribution < 1.29 is 4.79 Å². The van der Waals surface area contributed by atoms with E-state index in [9.17, 15) is 4.79 Å². The van der Waals surface area contributed by atoms with Crippen LogP contribution >= 0.6 is 23.2 Å². The van der Waals surface area contributed by atoms with Crippen LogP contribution in [0.4, 0.5) is 21.9 Å². The summed E-state index contributed by atoms with van der Waals surface area (Å²) < 4.78 is 0. The van der Waals surface area contributed by atoms with E-state index in [1.165, 1.54) is 11.3 Å². The van der Waals surface area contributed by atoms with Crippen LogP contribution in [-0.2, 0) is 6.42 Å². The lowest BCUT2D eigenvalue weighted by molar-refractivity contribution is 0.250. The van der Waals surface area contributed by atoms with Crippen LogP contribution in [0.1, 0.15) is 26.3 Å². The Morgan fingerprint density at radius 3 is 2.77 bits per heavy atom. The molecule has 0 spiro atoms. The van der Waals surface area contributed by atoms with E-state index in [1.54, 1.807) is 18.2 Å². The van der Waals surface area contributed by atoms with Crippen molar-refractivity contribution in [2.24, 2.45) is 5.41 Å². The van der Waals surface area contributed by atoms with Crippen LogP contribution in [0.25, 0.3) is 0 Å². The molecule has 0 saturated heterocycles. The van der Waals surface area contributed by atoms with E-state index in [0.29, 0.717) is 15.7 Å². The molecule has 1 unspecified atom stereocenters. The van der Waals surface area contributed by atoms with E-state index in [1.807, 2.05) is 17.2 Å². The van der Waals surface area contributed by atoms with Crippen LogP contribution < -0.4 is 26.4 Å². The van der Waals surface area contributed by atoms with E-state index in [2.05, 4.69) is 54.3 Å². The molecule has 0 fully saturated rings. The van der Waals surface area contributed by atoms with Crippen LogP contribution in [0.5, 0.6) is 0 Å². The van der Waals surface area contributed by atoms with Gasteiger partial charge < -0.3 is 16.0 Å². The first-order chi connectivity index (χ1) is 14.2. The zero-order chi connectivity index (χ0) is 21.5. The normalized spacial score (nSPS) is 17.7. The lowest BCUT2D eigenvalue weighted by atomic mass is 9.92. The highest BCUT2D eigenvalue weighted by Gasteiger charge is 2.32. The Balaban J connectivity index is 1.56. The van der Waals surface area contributed by atoms with Crippen molar-refractivity contribution in [3.8, 4) is 0 Å². The quantitative estimate of drug-likeness (QED) is 0.512. The van der Waals surface area contributed by atoms with Gasteiger partial charge in [-0.1, -0.05) is 50.0 Å². The first-order valence-corrected chi connectivity index (χ1v) is 10.6. The molecular formula is C22H25Cl2N5O. The molecule has 4 N–H and O–H groups in total. The Bertz CT molecular complexity index is 1020. The molecule has 0 saturated carbocycles. The smallest absolute Gasteiger partial charge is 0.321 e. The van der Waals surface area contributed by atoms with E-state index >= 15 is 0 Å². The molecule has 30 heavy (non-hydrogen) atoms. The van der Waals surface area contributed by atoms with Gasteiger partial charge >= 0.3 is 6.03 Å². The van der Waals surface area contributed by atoms with Gasteiger partial charge in [-0.2, -0.15) is 0 Å². The highest BCUT2D eigenvalue weighted by atomic mass is 35.5. The predicted octanol–water partition coefficient (Wildman–Crippen LogP) is 5.36. The first kappa shape index (κ1) is 20.7. The molecule has 2 amide bonds. The third kappa shape index (κ3) is 4.16. The number of carbonyl (C=O) groups excluding carboxylic acids is 1. The predicted molar refractivity (Wildman–Crippen MR) is 124 cm³/mol. The summed E-state index contributed by atoms with van der Waals surface area (Å²) in [7, 11) is 0. The molecule has 6 nitrogen and oxygen atoms in total. The van der Waals surface area contributed by atoms with Gasteiger partial charge in [-0.25, -0.2) is 4.79 Å². The van der Waals surface area contributed by atoms with Gasteiger partial charge in [-0.3, -0.25) is 10.4 Å². The minimum Gasteiger partial charge on any atom is -0.384 e. The topological polar surface area (TPSA) is 68.4 Å². The molecule has 0 bridgehead atoms. The number of urea groups is 1. The Morgan fingerprint density at radius 1 is 1.20 bits per heavy atom. The maximum Gasteiger partial charge on any atom is 0.321 e. The summed E-state index contributed by atoms with van der Waals surface area (Å²) >= 11 is 12.3. The first-order valence-electron chi connectivity index (χ1n) is 9.89. The maximum absolute atomic E-state index is 12.7. The summed E-state index contributed by atoms with van der Waals surface area (Å²) in [5.74, 6) is 0. The molecule has 0 aliphatic carbocycles. The van der Waals surface area contributed by atoms with Gasteiger partial charge in [0.15, 0.2) is 0 Å². The summed E-state index contributed by atoms with van der Waals surface area (Å²) in [4.78, 5) is 12.7. The molecule has 2 aromatic rings.